The van der Waals surface area contributed by atoms with E-state index < -0.39 is 5.92 Å². The van der Waals surface area contributed by atoms with Crippen LogP contribution in [0.1, 0.15) is 43.2 Å². The van der Waals surface area contributed by atoms with E-state index in [1.807, 2.05) is 37.3 Å². The van der Waals surface area contributed by atoms with Crippen molar-refractivity contribution in [2.24, 2.45) is 5.73 Å². The second kappa shape index (κ2) is 9.55. The largest absolute Gasteiger partial charge is 0.490 e. The molecule has 2 N–H and O–H groups in total. The third-order valence-electron chi connectivity index (χ3n) is 6.41. The summed E-state index contributed by atoms with van der Waals surface area (Å²) in [5, 5.41) is 12.2. The lowest BCUT2D eigenvalue weighted by Crippen LogP contribution is -2.27. The molecule has 3 aromatic carbocycles. The number of nitrogens with two attached hydrogens (primary N) is 1. The van der Waals surface area contributed by atoms with Crippen LogP contribution in [-0.2, 0) is 16.1 Å². The Morgan fingerprint density at radius 2 is 1.86 bits per heavy atom. The number of Topliss-reactive ketones (excluding diaryl/α,β-unsaturated/α-hetero) is 1. The second-order valence-corrected chi connectivity index (χ2v) is 8.65. The summed E-state index contributed by atoms with van der Waals surface area (Å²) in [7, 11) is 0. The van der Waals surface area contributed by atoms with Crippen molar-refractivity contribution in [2.75, 3.05) is 6.61 Å². The molecule has 5 rings (SSSR count). The number of carbonyl (C=O) groups excluding carboxylic acids is 1. The molecular formula is C29H26N2O4. The molecule has 0 fully saturated rings. The number of ketones is 1. The van der Waals surface area contributed by atoms with Crippen molar-refractivity contribution in [3.8, 4) is 17.6 Å². The van der Waals surface area contributed by atoms with Crippen LogP contribution in [0.25, 0.3) is 10.8 Å². The van der Waals surface area contributed by atoms with Crippen molar-refractivity contribution in [1.82, 2.24) is 0 Å². The molecule has 1 aliphatic carbocycles. The third kappa shape index (κ3) is 4.33. The number of nitrogens with zero attached hydrogens (tertiary/aromatic N) is 1. The van der Waals surface area contributed by atoms with Crippen molar-refractivity contribution < 1.29 is 19.0 Å². The molecule has 0 amide bonds. The van der Waals surface area contributed by atoms with E-state index in [4.69, 9.17) is 19.9 Å². The molecule has 1 heterocycles. The van der Waals surface area contributed by atoms with Gasteiger partial charge in [-0.25, -0.2) is 0 Å². The highest BCUT2D eigenvalue weighted by molar-refractivity contribution is 5.99. The molecule has 35 heavy (non-hydrogen) atoms. The Balaban J connectivity index is 1.47. The minimum absolute atomic E-state index is 0.00825. The maximum atomic E-state index is 12.8. The van der Waals surface area contributed by atoms with Gasteiger partial charge in [0, 0.05) is 18.4 Å². The Hall–Kier alpha value is -4.24. The van der Waals surface area contributed by atoms with Crippen molar-refractivity contribution in [2.45, 2.75) is 38.7 Å². The first-order chi connectivity index (χ1) is 17.1. The molecule has 0 saturated heterocycles. The average molecular weight is 467 g/mol. The first-order valence-corrected chi connectivity index (χ1v) is 11.8. The molecule has 0 radical (unpaired) electrons. The highest BCUT2D eigenvalue weighted by Crippen LogP contribution is 2.45. The minimum Gasteiger partial charge on any atom is -0.490 e. The van der Waals surface area contributed by atoms with Gasteiger partial charge in [-0.1, -0.05) is 42.5 Å². The summed E-state index contributed by atoms with van der Waals surface area (Å²) in [6, 6.07) is 22.1. The molecule has 0 saturated carbocycles. The molecular weight excluding hydrogens is 440 g/mol. The van der Waals surface area contributed by atoms with Crippen LogP contribution in [0.4, 0.5) is 0 Å². The van der Waals surface area contributed by atoms with Gasteiger partial charge in [0.25, 0.3) is 0 Å². The zero-order valence-corrected chi connectivity index (χ0v) is 19.5. The maximum absolute atomic E-state index is 12.8. The average Bonchev–Trinajstić information content (AvgIpc) is 2.87. The van der Waals surface area contributed by atoms with Gasteiger partial charge in [0.05, 0.1) is 12.5 Å². The van der Waals surface area contributed by atoms with E-state index in [0.717, 1.165) is 16.5 Å². The third-order valence-corrected chi connectivity index (χ3v) is 6.41. The van der Waals surface area contributed by atoms with Crippen LogP contribution in [0.15, 0.2) is 83.5 Å². The molecule has 1 aliphatic heterocycles. The number of carbonyl (C=O) groups is 1. The maximum Gasteiger partial charge on any atom is 0.205 e. The zero-order valence-electron chi connectivity index (χ0n) is 19.5. The standard InChI is InChI=1S/C29H26N2O4/c1-2-33-26-15-21(27-22(16-30)29(31)35-25-9-5-8-23(32)28(25)27)12-13-24(26)34-17-18-10-11-19-6-3-4-7-20(19)14-18/h3-4,6-7,10-15,27H,2,5,8-9,17,31H2,1H3/t27-/m1/s1. The van der Waals surface area contributed by atoms with Gasteiger partial charge in [0.1, 0.15) is 24.0 Å². The van der Waals surface area contributed by atoms with Gasteiger partial charge >= 0.3 is 0 Å². The van der Waals surface area contributed by atoms with Gasteiger partial charge in [-0.3, -0.25) is 4.79 Å². The van der Waals surface area contributed by atoms with Crippen LogP contribution < -0.4 is 15.2 Å². The molecule has 0 aromatic heterocycles. The van der Waals surface area contributed by atoms with Crippen molar-refractivity contribution in [1.29, 1.82) is 5.26 Å². The van der Waals surface area contributed by atoms with E-state index in [1.165, 1.54) is 5.39 Å². The molecule has 176 valence electrons. The summed E-state index contributed by atoms with van der Waals surface area (Å²) in [6.07, 6.45) is 1.77. The molecule has 6 heteroatoms. The van der Waals surface area contributed by atoms with Crippen LogP contribution in [0.5, 0.6) is 11.5 Å². The molecule has 0 unspecified atom stereocenters. The van der Waals surface area contributed by atoms with E-state index >= 15 is 0 Å². The monoisotopic (exact) mass is 466 g/mol. The summed E-state index contributed by atoms with van der Waals surface area (Å²) in [5.74, 6) is 1.18. The Labute approximate surface area is 204 Å². The fourth-order valence-electron chi connectivity index (χ4n) is 4.77. The molecule has 0 spiro atoms. The van der Waals surface area contributed by atoms with Crippen LogP contribution in [0.2, 0.25) is 0 Å². The predicted octanol–water partition coefficient (Wildman–Crippen LogP) is 5.63. The van der Waals surface area contributed by atoms with Gasteiger partial charge in [0.2, 0.25) is 5.88 Å². The first-order valence-electron chi connectivity index (χ1n) is 11.8. The minimum atomic E-state index is -0.578. The van der Waals surface area contributed by atoms with Crippen molar-refractivity contribution in [3.05, 3.63) is 94.6 Å². The molecule has 0 bridgehead atoms. The Morgan fingerprint density at radius 3 is 2.66 bits per heavy atom. The lowest BCUT2D eigenvalue weighted by atomic mass is 9.77. The summed E-state index contributed by atoms with van der Waals surface area (Å²) in [6.45, 7) is 2.73. The van der Waals surface area contributed by atoms with Gasteiger partial charge in [-0.15, -0.1) is 0 Å². The SMILES string of the molecule is CCOc1cc([C@@H]2C(C#N)=C(N)OC3=C2C(=O)CCC3)ccc1OCc1ccc2ccccc2c1. The van der Waals surface area contributed by atoms with Crippen LogP contribution in [-0.4, -0.2) is 12.4 Å². The number of hydrogen-bond acceptors (Lipinski definition) is 6. The van der Waals surface area contributed by atoms with Gasteiger partial charge in [-0.2, -0.15) is 5.26 Å². The second-order valence-electron chi connectivity index (χ2n) is 8.65. The smallest absolute Gasteiger partial charge is 0.205 e. The first kappa shape index (κ1) is 22.5. The Kier molecular flexibility index (Phi) is 6.15. The molecule has 3 aromatic rings. The lowest BCUT2D eigenvalue weighted by Gasteiger charge is -2.31. The molecule has 2 aliphatic rings. The Morgan fingerprint density at radius 1 is 1.03 bits per heavy atom. The van der Waals surface area contributed by atoms with Crippen molar-refractivity contribution >= 4 is 16.6 Å². The van der Waals surface area contributed by atoms with Crippen LogP contribution in [0, 0.1) is 11.3 Å². The quantitative estimate of drug-likeness (QED) is 0.506. The fraction of sp³-hybridized carbons (Fsp3) is 0.241. The topological polar surface area (TPSA) is 94.6 Å². The number of hydrogen-bond donors (Lipinski definition) is 1. The van der Waals surface area contributed by atoms with E-state index in [1.54, 1.807) is 0 Å². The van der Waals surface area contributed by atoms with E-state index in [9.17, 15) is 10.1 Å². The normalized spacial score (nSPS) is 17.6. The van der Waals surface area contributed by atoms with Gasteiger partial charge in [0.15, 0.2) is 17.3 Å². The number of allylic oxidation sites excluding steroid dienone is 3. The fourth-order valence-corrected chi connectivity index (χ4v) is 4.77. The molecule has 1 atom stereocenters. The van der Waals surface area contributed by atoms with Gasteiger partial charge in [-0.05, 0) is 53.4 Å². The summed E-state index contributed by atoms with van der Waals surface area (Å²) in [4.78, 5) is 12.8. The summed E-state index contributed by atoms with van der Waals surface area (Å²) in [5.41, 5.74) is 8.64. The number of benzene rings is 3. The predicted molar refractivity (Wildman–Crippen MR) is 132 cm³/mol. The van der Waals surface area contributed by atoms with Crippen LogP contribution >= 0.6 is 0 Å². The Bertz CT molecular complexity index is 1410. The summed E-state index contributed by atoms with van der Waals surface area (Å²) < 4.78 is 17.7. The lowest BCUT2D eigenvalue weighted by molar-refractivity contribution is -0.116. The highest BCUT2D eigenvalue weighted by Gasteiger charge is 2.38. The van der Waals surface area contributed by atoms with Gasteiger partial charge < -0.3 is 19.9 Å². The van der Waals surface area contributed by atoms with E-state index in [2.05, 4.69) is 36.4 Å². The van der Waals surface area contributed by atoms with Crippen LogP contribution in [0.3, 0.4) is 0 Å². The molecule has 6 nitrogen and oxygen atoms in total. The van der Waals surface area contributed by atoms with E-state index in [0.29, 0.717) is 55.3 Å². The highest BCUT2D eigenvalue weighted by atomic mass is 16.5. The zero-order chi connectivity index (χ0) is 24.4. The number of ether oxygens (including phenoxy) is 3. The number of nitriles is 1. The van der Waals surface area contributed by atoms with Crippen molar-refractivity contribution in [3.63, 3.8) is 0 Å². The van der Waals surface area contributed by atoms with E-state index in [-0.39, 0.29) is 17.2 Å². The number of fused-ring (bicyclic) bond motifs is 1. The summed E-state index contributed by atoms with van der Waals surface area (Å²) >= 11 is 0. The number of rotatable bonds is 6.